The van der Waals surface area contributed by atoms with Crippen LogP contribution in [0.25, 0.3) is 0 Å². The van der Waals surface area contributed by atoms with Gasteiger partial charge in [-0.1, -0.05) is 6.07 Å². The summed E-state index contributed by atoms with van der Waals surface area (Å²) in [5.74, 6) is 1.60. The largest absolute Gasteiger partial charge is 0.497 e. The number of carbonyl (C=O) groups excluding carboxylic acids is 1. The van der Waals surface area contributed by atoms with Crippen LogP contribution < -0.4 is 19.6 Å². The number of ether oxygens (including phenoxy) is 3. The van der Waals surface area contributed by atoms with Crippen LogP contribution in [0.3, 0.4) is 0 Å². The van der Waals surface area contributed by atoms with Gasteiger partial charge in [-0.2, -0.15) is 5.10 Å². The van der Waals surface area contributed by atoms with E-state index in [-0.39, 0.29) is 12.5 Å². The van der Waals surface area contributed by atoms with Gasteiger partial charge >= 0.3 is 0 Å². The van der Waals surface area contributed by atoms with Gasteiger partial charge in [-0.05, 0) is 49.2 Å². The molecule has 25 heavy (non-hydrogen) atoms. The average molecular weight is 342 g/mol. The first-order valence-electron chi connectivity index (χ1n) is 7.77. The van der Waals surface area contributed by atoms with Gasteiger partial charge in [0.1, 0.15) is 17.2 Å². The highest BCUT2D eigenvalue weighted by Gasteiger charge is 2.05. The second-order valence-electron chi connectivity index (χ2n) is 5.51. The van der Waals surface area contributed by atoms with E-state index in [0.29, 0.717) is 17.2 Å². The number of carbonyl (C=O) groups is 1. The van der Waals surface area contributed by atoms with Crippen molar-refractivity contribution in [3.63, 3.8) is 0 Å². The number of amides is 1. The van der Waals surface area contributed by atoms with Crippen molar-refractivity contribution in [2.75, 3.05) is 20.8 Å². The summed E-state index contributed by atoms with van der Waals surface area (Å²) in [6.07, 6.45) is 1.51. The Morgan fingerprint density at radius 1 is 1.04 bits per heavy atom. The lowest BCUT2D eigenvalue weighted by Gasteiger charge is -2.08. The molecule has 1 N–H and O–H groups in total. The zero-order valence-electron chi connectivity index (χ0n) is 14.8. The molecule has 6 nitrogen and oxygen atoms in total. The molecule has 2 aromatic rings. The molecule has 0 aliphatic rings. The normalized spacial score (nSPS) is 10.6. The number of benzene rings is 2. The van der Waals surface area contributed by atoms with Crippen LogP contribution in [0.2, 0.25) is 0 Å². The summed E-state index contributed by atoms with van der Waals surface area (Å²) in [5, 5.41) is 3.93. The van der Waals surface area contributed by atoms with Crippen LogP contribution in [0.15, 0.2) is 41.5 Å². The summed E-state index contributed by atoms with van der Waals surface area (Å²) in [7, 11) is 3.14. The molecule has 0 aliphatic heterocycles. The maximum Gasteiger partial charge on any atom is 0.277 e. The zero-order valence-corrected chi connectivity index (χ0v) is 14.8. The van der Waals surface area contributed by atoms with E-state index < -0.39 is 0 Å². The standard InChI is InChI=1S/C19H22N2O4/c1-13-7-14(2)9-17(8-13)25-12-19(22)21-20-11-15-5-6-16(23-3)10-18(15)24-4/h5-11H,12H2,1-4H3,(H,21,22)/b20-11-. The first-order chi connectivity index (χ1) is 12.0. The van der Waals surface area contributed by atoms with Crippen LogP contribution >= 0.6 is 0 Å². The molecule has 0 heterocycles. The van der Waals surface area contributed by atoms with Crippen molar-refractivity contribution in [1.82, 2.24) is 5.43 Å². The summed E-state index contributed by atoms with van der Waals surface area (Å²) in [6.45, 7) is 3.85. The fraction of sp³-hybridized carbons (Fsp3) is 0.263. The van der Waals surface area contributed by atoms with Crippen LogP contribution in [0.5, 0.6) is 17.2 Å². The van der Waals surface area contributed by atoms with E-state index in [4.69, 9.17) is 14.2 Å². The fourth-order valence-electron chi connectivity index (χ4n) is 2.30. The number of methoxy groups -OCH3 is 2. The quantitative estimate of drug-likeness (QED) is 0.620. The SMILES string of the molecule is COc1ccc(/C=N\NC(=O)COc2cc(C)cc(C)c2)c(OC)c1. The smallest absolute Gasteiger partial charge is 0.277 e. The van der Waals surface area contributed by atoms with Crippen molar-refractivity contribution in [1.29, 1.82) is 0 Å². The number of hydrogen-bond donors (Lipinski definition) is 1. The molecular weight excluding hydrogens is 320 g/mol. The Bertz CT molecular complexity index is 752. The fourth-order valence-corrected chi connectivity index (χ4v) is 2.30. The third-order valence-corrected chi connectivity index (χ3v) is 3.40. The van der Waals surface area contributed by atoms with E-state index in [2.05, 4.69) is 10.5 Å². The van der Waals surface area contributed by atoms with Crippen LogP contribution in [0.1, 0.15) is 16.7 Å². The monoisotopic (exact) mass is 342 g/mol. The van der Waals surface area contributed by atoms with E-state index in [0.717, 1.165) is 16.7 Å². The van der Waals surface area contributed by atoms with Crippen LogP contribution in [-0.4, -0.2) is 32.9 Å². The predicted octanol–water partition coefficient (Wildman–Crippen LogP) is 2.85. The molecule has 0 fully saturated rings. The molecule has 0 aromatic heterocycles. The van der Waals surface area contributed by atoms with Gasteiger partial charge in [0.05, 0.1) is 20.4 Å². The lowest BCUT2D eigenvalue weighted by molar-refractivity contribution is -0.123. The molecule has 6 heteroatoms. The van der Waals surface area contributed by atoms with Crippen molar-refractivity contribution in [2.45, 2.75) is 13.8 Å². The molecule has 132 valence electrons. The lowest BCUT2D eigenvalue weighted by atomic mass is 10.1. The third-order valence-electron chi connectivity index (χ3n) is 3.40. The highest BCUT2D eigenvalue weighted by atomic mass is 16.5. The molecular formula is C19H22N2O4. The molecule has 0 saturated heterocycles. The highest BCUT2D eigenvalue weighted by molar-refractivity contribution is 5.85. The van der Waals surface area contributed by atoms with Crippen molar-refractivity contribution in [3.05, 3.63) is 53.1 Å². The number of hydrogen-bond acceptors (Lipinski definition) is 5. The van der Waals surface area contributed by atoms with Crippen LogP contribution in [0.4, 0.5) is 0 Å². The summed E-state index contributed by atoms with van der Waals surface area (Å²) < 4.78 is 15.9. The average Bonchev–Trinajstić information content (AvgIpc) is 2.59. The summed E-state index contributed by atoms with van der Waals surface area (Å²) in [5.41, 5.74) is 5.32. The Labute approximate surface area is 147 Å². The third kappa shape index (κ3) is 5.53. The van der Waals surface area contributed by atoms with Gasteiger partial charge < -0.3 is 14.2 Å². The highest BCUT2D eigenvalue weighted by Crippen LogP contribution is 2.23. The van der Waals surface area contributed by atoms with Gasteiger partial charge in [0.2, 0.25) is 0 Å². The molecule has 0 aliphatic carbocycles. The summed E-state index contributed by atoms with van der Waals surface area (Å²) in [6, 6.07) is 11.1. The van der Waals surface area contributed by atoms with E-state index in [1.165, 1.54) is 6.21 Å². The topological polar surface area (TPSA) is 69.2 Å². The molecule has 2 rings (SSSR count). The Hall–Kier alpha value is -3.02. The molecule has 0 unspecified atom stereocenters. The molecule has 0 bridgehead atoms. The van der Waals surface area contributed by atoms with Crippen LogP contribution in [-0.2, 0) is 4.79 Å². The molecule has 0 atom stereocenters. The molecule has 0 spiro atoms. The number of rotatable bonds is 7. The van der Waals surface area contributed by atoms with E-state index in [1.807, 2.05) is 32.0 Å². The minimum absolute atomic E-state index is 0.111. The molecule has 2 aromatic carbocycles. The van der Waals surface area contributed by atoms with Crippen molar-refractivity contribution >= 4 is 12.1 Å². The van der Waals surface area contributed by atoms with Gasteiger partial charge in [0.25, 0.3) is 5.91 Å². The number of hydrazone groups is 1. The maximum absolute atomic E-state index is 11.8. The van der Waals surface area contributed by atoms with Gasteiger partial charge in [0.15, 0.2) is 6.61 Å². The van der Waals surface area contributed by atoms with E-state index >= 15 is 0 Å². The second-order valence-corrected chi connectivity index (χ2v) is 5.51. The van der Waals surface area contributed by atoms with Gasteiger partial charge in [0, 0.05) is 11.6 Å². The Morgan fingerprint density at radius 3 is 2.40 bits per heavy atom. The van der Waals surface area contributed by atoms with Gasteiger partial charge in [-0.15, -0.1) is 0 Å². The predicted molar refractivity (Wildman–Crippen MR) is 96.7 cm³/mol. The first-order valence-corrected chi connectivity index (χ1v) is 7.77. The van der Waals surface area contributed by atoms with E-state index in [9.17, 15) is 4.79 Å². The van der Waals surface area contributed by atoms with Crippen molar-refractivity contribution in [3.8, 4) is 17.2 Å². The van der Waals surface area contributed by atoms with Crippen LogP contribution in [0, 0.1) is 13.8 Å². The van der Waals surface area contributed by atoms with Crippen molar-refractivity contribution < 1.29 is 19.0 Å². The molecule has 1 amide bonds. The number of nitrogens with one attached hydrogen (secondary N) is 1. The zero-order chi connectivity index (χ0) is 18.2. The van der Waals surface area contributed by atoms with Gasteiger partial charge in [-0.25, -0.2) is 5.43 Å². The minimum atomic E-state index is -0.345. The molecule has 0 radical (unpaired) electrons. The van der Waals surface area contributed by atoms with Crippen molar-refractivity contribution in [2.24, 2.45) is 5.10 Å². The Morgan fingerprint density at radius 2 is 1.76 bits per heavy atom. The summed E-state index contributed by atoms with van der Waals surface area (Å²) in [4.78, 5) is 11.8. The summed E-state index contributed by atoms with van der Waals surface area (Å²) >= 11 is 0. The second kappa shape index (κ2) is 8.73. The number of aryl methyl sites for hydroxylation is 2. The molecule has 0 saturated carbocycles. The van der Waals surface area contributed by atoms with Gasteiger partial charge in [-0.3, -0.25) is 4.79 Å². The minimum Gasteiger partial charge on any atom is -0.497 e. The lowest BCUT2D eigenvalue weighted by Crippen LogP contribution is -2.24. The maximum atomic E-state index is 11.8. The Balaban J connectivity index is 1.90. The first kappa shape index (κ1) is 18.3. The number of nitrogens with zero attached hydrogens (tertiary/aromatic N) is 1. The van der Waals surface area contributed by atoms with E-state index in [1.54, 1.807) is 32.4 Å². The Kier molecular flexibility index (Phi) is 6.39.